The minimum atomic E-state index is 0. The van der Waals surface area contributed by atoms with Crippen LogP contribution < -0.4 is 5.73 Å². The molecule has 0 saturated carbocycles. The molecular formula is C13H20ClIN2. The van der Waals surface area contributed by atoms with Crippen molar-refractivity contribution in [1.82, 2.24) is 4.90 Å². The molecular weight excluding hydrogens is 347 g/mol. The third-order valence-corrected chi connectivity index (χ3v) is 4.09. The highest BCUT2D eigenvalue weighted by molar-refractivity contribution is 14.1. The van der Waals surface area contributed by atoms with Crippen molar-refractivity contribution in [1.29, 1.82) is 0 Å². The molecule has 1 fully saturated rings. The fourth-order valence-electron chi connectivity index (χ4n) is 2.24. The van der Waals surface area contributed by atoms with E-state index in [1.165, 1.54) is 9.13 Å². The van der Waals surface area contributed by atoms with Gasteiger partial charge in [0.15, 0.2) is 0 Å². The molecule has 1 heterocycles. The van der Waals surface area contributed by atoms with Crippen LogP contribution in [0, 0.1) is 9.49 Å². The van der Waals surface area contributed by atoms with Crippen molar-refractivity contribution in [3.8, 4) is 0 Å². The highest BCUT2D eigenvalue weighted by Crippen LogP contribution is 2.17. The summed E-state index contributed by atoms with van der Waals surface area (Å²) in [7, 11) is 0. The first-order valence-corrected chi connectivity index (χ1v) is 6.95. The van der Waals surface area contributed by atoms with Gasteiger partial charge in [-0.3, -0.25) is 4.90 Å². The standard InChI is InChI=1S/C13H19IN2.ClH/c1-10-8-16(7-6-13(10)15)9-11-2-4-12(14)5-3-11;/h2-5,10,13H,6-9,15H2,1H3;1H. The van der Waals surface area contributed by atoms with Crippen LogP contribution in [0.1, 0.15) is 18.9 Å². The molecule has 96 valence electrons. The van der Waals surface area contributed by atoms with Crippen LogP contribution in [0.25, 0.3) is 0 Å². The number of rotatable bonds is 2. The van der Waals surface area contributed by atoms with Gasteiger partial charge in [0.1, 0.15) is 0 Å². The van der Waals surface area contributed by atoms with Crippen molar-refractivity contribution in [2.75, 3.05) is 13.1 Å². The van der Waals surface area contributed by atoms with E-state index in [9.17, 15) is 0 Å². The summed E-state index contributed by atoms with van der Waals surface area (Å²) in [6.45, 7) is 5.59. The molecule has 0 radical (unpaired) electrons. The van der Waals surface area contributed by atoms with Gasteiger partial charge < -0.3 is 5.73 Å². The molecule has 2 rings (SSSR count). The Morgan fingerprint density at radius 1 is 1.35 bits per heavy atom. The highest BCUT2D eigenvalue weighted by Gasteiger charge is 2.22. The minimum Gasteiger partial charge on any atom is -0.327 e. The lowest BCUT2D eigenvalue weighted by Crippen LogP contribution is -2.45. The maximum atomic E-state index is 6.03. The van der Waals surface area contributed by atoms with Crippen LogP contribution in [-0.4, -0.2) is 24.0 Å². The molecule has 1 aromatic carbocycles. The fraction of sp³-hybridized carbons (Fsp3) is 0.538. The molecule has 0 aliphatic carbocycles. The molecule has 2 N–H and O–H groups in total. The number of nitrogens with zero attached hydrogens (tertiary/aromatic N) is 1. The molecule has 4 heteroatoms. The van der Waals surface area contributed by atoms with Crippen molar-refractivity contribution in [2.45, 2.75) is 25.9 Å². The van der Waals surface area contributed by atoms with Gasteiger partial charge >= 0.3 is 0 Å². The number of likely N-dealkylation sites (tertiary alicyclic amines) is 1. The van der Waals surface area contributed by atoms with Gasteiger partial charge in [0.25, 0.3) is 0 Å². The van der Waals surface area contributed by atoms with Crippen LogP contribution in [0.4, 0.5) is 0 Å². The van der Waals surface area contributed by atoms with E-state index in [1.807, 2.05) is 0 Å². The monoisotopic (exact) mass is 366 g/mol. The van der Waals surface area contributed by atoms with E-state index in [-0.39, 0.29) is 12.4 Å². The predicted molar refractivity (Wildman–Crippen MR) is 83.4 cm³/mol. The zero-order valence-electron chi connectivity index (χ0n) is 10.1. The molecule has 2 atom stereocenters. The maximum Gasteiger partial charge on any atom is 0.0233 e. The Kier molecular flexibility index (Phi) is 6.20. The summed E-state index contributed by atoms with van der Waals surface area (Å²) in [4.78, 5) is 2.51. The summed E-state index contributed by atoms with van der Waals surface area (Å²) >= 11 is 2.34. The first kappa shape index (κ1) is 15.2. The normalized spacial score (nSPS) is 25.4. The molecule has 2 nitrogen and oxygen atoms in total. The largest absolute Gasteiger partial charge is 0.327 e. The molecule has 1 aromatic rings. The number of piperidine rings is 1. The molecule has 0 bridgehead atoms. The lowest BCUT2D eigenvalue weighted by Gasteiger charge is -2.35. The lowest BCUT2D eigenvalue weighted by atomic mass is 9.94. The summed E-state index contributed by atoms with van der Waals surface area (Å²) in [5, 5.41) is 0. The Morgan fingerprint density at radius 3 is 2.59 bits per heavy atom. The average Bonchev–Trinajstić information content (AvgIpc) is 2.27. The molecule has 1 aliphatic rings. The Labute approximate surface area is 123 Å². The van der Waals surface area contributed by atoms with Crippen LogP contribution >= 0.6 is 35.0 Å². The second-order valence-electron chi connectivity index (χ2n) is 4.79. The Morgan fingerprint density at radius 2 is 2.00 bits per heavy atom. The summed E-state index contributed by atoms with van der Waals surface area (Å²) in [5.74, 6) is 0.623. The quantitative estimate of drug-likeness (QED) is 0.816. The highest BCUT2D eigenvalue weighted by atomic mass is 127. The number of halogens is 2. The van der Waals surface area contributed by atoms with Crippen molar-refractivity contribution in [3.05, 3.63) is 33.4 Å². The van der Waals surface area contributed by atoms with Gasteiger partial charge in [-0.15, -0.1) is 12.4 Å². The zero-order chi connectivity index (χ0) is 11.5. The van der Waals surface area contributed by atoms with E-state index in [2.05, 4.69) is 58.7 Å². The first-order chi connectivity index (χ1) is 7.65. The summed E-state index contributed by atoms with van der Waals surface area (Å²) < 4.78 is 1.30. The van der Waals surface area contributed by atoms with Crippen LogP contribution in [0.5, 0.6) is 0 Å². The number of benzene rings is 1. The van der Waals surface area contributed by atoms with Crippen molar-refractivity contribution in [2.24, 2.45) is 11.7 Å². The van der Waals surface area contributed by atoms with Crippen LogP contribution in [-0.2, 0) is 6.54 Å². The predicted octanol–water partition coefficient (Wildman–Crippen LogP) is 2.88. The molecule has 1 aliphatic heterocycles. The van der Waals surface area contributed by atoms with E-state index in [1.54, 1.807) is 0 Å². The Hall–Kier alpha value is 0.160. The topological polar surface area (TPSA) is 29.3 Å². The molecule has 0 amide bonds. The van der Waals surface area contributed by atoms with Crippen LogP contribution in [0.3, 0.4) is 0 Å². The van der Waals surface area contributed by atoms with Gasteiger partial charge in [0.2, 0.25) is 0 Å². The minimum absolute atomic E-state index is 0. The first-order valence-electron chi connectivity index (χ1n) is 5.87. The van der Waals surface area contributed by atoms with Gasteiger partial charge in [-0.25, -0.2) is 0 Å². The number of hydrogen-bond acceptors (Lipinski definition) is 2. The van der Waals surface area contributed by atoms with E-state index in [0.717, 1.165) is 26.1 Å². The summed E-state index contributed by atoms with van der Waals surface area (Å²) in [6.07, 6.45) is 1.13. The van der Waals surface area contributed by atoms with Crippen LogP contribution in [0.2, 0.25) is 0 Å². The van der Waals surface area contributed by atoms with Crippen molar-refractivity contribution in [3.63, 3.8) is 0 Å². The second-order valence-corrected chi connectivity index (χ2v) is 6.04. The van der Waals surface area contributed by atoms with Gasteiger partial charge in [0.05, 0.1) is 0 Å². The molecule has 0 aromatic heterocycles. The smallest absolute Gasteiger partial charge is 0.0233 e. The van der Waals surface area contributed by atoms with E-state index >= 15 is 0 Å². The van der Waals surface area contributed by atoms with Crippen molar-refractivity contribution < 1.29 is 0 Å². The van der Waals surface area contributed by atoms with E-state index < -0.39 is 0 Å². The third-order valence-electron chi connectivity index (χ3n) is 3.38. The number of hydrogen-bond donors (Lipinski definition) is 1. The molecule has 0 spiro atoms. The van der Waals surface area contributed by atoms with E-state index in [0.29, 0.717) is 12.0 Å². The number of nitrogens with two attached hydrogens (primary N) is 1. The molecule has 17 heavy (non-hydrogen) atoms. The SMILES string of the molecule is CC1CN(Cc2ccc(I)cc2)CCC1N.Cl. The van der Waals surface area contributed by atoms with Crippen LogP contribution in [0.15, 0.2) is 24.3 Å². The lowest BCUT2D eigenvalue weighted by molar-refractivity contribution is 0.158. The summed E-state index contributed by atoms with van der Waals surface area (Å²) in [6, 6.07) is 9.19. The average molecular weight is 367 g/mol. The zero-order valence-corrected chi connectivity index (χ0v) is 13.1. The Bertz CT molecular complexity index is 342. The van der Waals surface area contributed by atoms with Gasteiger partial charge in [-0.1, -0.05) is 19.1 Å². The molecule has 2 unspecified atom stereocenters. The molecule has 1 saturated heterocycles. The summed E-state index contributed by atoms with van der Waals surface area (Å²) in [5.41, 5.74) is 7.43. The maximum absolute atomic E-state index is 6.03. The van der Waals surface area contributed by atoms with Crippen molar-refractivity contribution >= 4 is 35.0 Å². The second kappa shape index (κ2) is 6.92. The van der Waals surface area contributed by atoms with Gasteiger partial charge in [-0.2, -0.15) is 0 Å². The third kappa shape index (κ3) is 4.39. The van der Waals surface area contributed by atoms with E-state index in [4.69, 9.17) is 5.73 Å². The van der Waals surface area contributed by atoms with Gasteiger partial charge in [-0.05, 0) is 59.2 Å². The fourth-order valence-corrected chi connectivity index (χ4v) is 2.60. The van der Waals surface area contributed by atoms with Gasteiger partial charge in [0, 0.05) is 22.7 Å². The Balaban J connectivity index is 0.00000144.